The van der Waals surface area contributed by atoms with Crippen molar-refractivity contribution in [3.63, 3.8) is 0 Å². The van der Waals surface area contributed by atoms with Gasteiger partial charge >= 0.3 is 5.97 Å². The predicted octanol–water partition coefficient (Wildman–Crippen LogP) is 2.39. The number of rotatable bonds is 8. The fraction of sp³-hybridized carbons (Fsp3) is 0.250. The molecule has 142 valence electrons. The third-order valence-electron chi connectivity index (χ3n) is 3.54. The highest BCUT2D eigenvalue weighted by Crippen LogP contribution is 2.16. The molecule has 0 aliphatic rings. The highest BCUT2D eigenvalue weighted by atomic mass is 16.5. The smallest absolute Gasteiger partial charge is 0.326 e. The van der Waals surface area contributed by atoms with Gasteiger partial charge in [0.15, 0.2) is 6.10 Å². The number of benzene rings is 2. The number of carbonyl (C=O) groups is 3. The molecule has 2 amide bonds. The van der Waals surface area contributed by atoms with Gasteiger partial charge in [0.05, 0.1) is 6.61 Å². The van der Waals surface area contributed by atoms with Crippen molar-refractivity contribution < 1.29 is 23.9 Å². The summed E-state index contributed by atoms with van der Waals surface area (Å²) >= 11 is 0. The third-order valence-corrected chi connectivity index (χ3v) is 3.54. The van der Waals surface area contributed by atoms with Crippen LogP contribution in [-0.2, 0) is 14.3 Å². The first-order valence-electron chi connectivity index (χ1n) is 8.56. The van der Waals surface area contributed by atoms with Crippen molar-refractivity contribution >= 4 is 23.5 Å². The van der Waals surface area contributed by atoms with E-state index in [4.69, 9.17) is 9.47 Å². The first-order chi connectivity index (χ1) is 13.0. The van der Waals surface area contributed by atoms with Crippen molar-refractivity contribution in [1.29, 1.82) is 0 Å². The zero-order valence-electron chi connectivity index (χ0n) is 15.2. The van der Waals surface area contributed by atoms with Gasteiger partial charge < -0.3 is 20.1 Å². The number of nitrogens with one attached hydrogen (secondary N) is 2. The maximum Gasteiger partial charge on any atom is 0.326 e. The molecule has 2 aromatic carbocycles. The minimum absolute atomic E-state index is 0.325. The Hall–Kier alpha value is -3.35. The molecule has 0 heterocycles. The number of hydrogen-bond donors (Lipinski definition) is 2. The Kier molecular flexibility index (Phi) is 7.37. The number of esters is 1. The fourth-order valence-electron chi connectivity index (χ4n) is 2.18. The molecule has 0 saturated carbocycles. The van der Waals surface area contributed by atoms with E-state index in [0.717, 1.165) is 0 Å². The Morgan fingerprint density at radius 2 is 1.67 bits per heavy atom. The second-order valence-electron chi connectivity index (χ2n) is 5.63. The molecule has 0 aliphatic carbocycles. The van der Waals surface area contributed by atoms with Crippen LogP contribution >= 0.6 is 0 Å². The van der Waals surface area contributed by atoms with E-state index in [2.05, 4.69) is 10.6 Å². The highest BCUT2D eigenvalue weighted by molar-refractivity contribution is 5.97. The summed E-state index contributed by atoms with van der Waals surface area (Å²) in [4.78, 5) is 35.8. The van der Waals surface area contributed by atoms with Gasteiger partial charge in [-0.25, -0.2) is 0 Å². The predicted molar refractivity (Wildman–Crippen MR) is 101 cm³/mol. The monoisotopic (exact) mass is 370 g/mol. The Bertz CT molecular complexity index is 775. The van der Waals surface area contributed by atoms with Crippen LogP contribution in [0.1, 0.15) is 24.2 Å². The maximum atomic E-state index is 12.1. The molecular weight excluding hydrogens is 348 g/mol. The van der Waals surface area contributed by atoms with Crippen LogP contribution in [-0.4, -0.2) is 37.0 Å². The standard InChI is InChI=1S/C20H22N2O5/c1-3-26-17-11-9-16(10-12-17)22-19(24)14(2)27-18(23)13-21-20(25)15-7-5-4-6-8-15/h4-12,14H,3,13H2,1-2H3,(H,21,25)(H,22,24)/t14-/m0/s1. The molecule has 7 nitrogen and oxygen atoms in total. The summed E-state index contributed by atoms with van der Waals surface area (Å²) in [5.41, 5.74) is 0.996. The van der Waals surface area contributed by atoms with Gasteiger partial charge in [-0.05, 0) is 50.2 Å². The molecule has 0 bridgehead atoms. The molecule has 2 rings (SSSR count). The minimum atomic E-state index is -1.00. The van der Waals surface area contributed by atoms with Crippen molar-refractivity contribution in [2.45, 2.75) is 20.0 Å². The summed E-state index contributed by atoms with van der Waals surface area (Å²) in [6.07, 6.45) is -1.00. The maximum absolute atomic E-state index is 12.1. The fourth-order valence-corrected chi connectivity index (χ4v) is 2.18. The van der Waals surface area contributed by atoms with E-state index < -0.39 is 18.0 Å². The summed E-state index contributed by atoms with van der Waals surface area (Å²) in [5.74, 6) is -0.862. The lowest BCUT2D eigenvalue weighted by Gasteiger charge is -2.14. The molecule has 27 heavy (non-hydrogen) atoms. The molecule has 1 atom stereocenters. The van der Waals surface area contributed by atoms with Crippen LogP contribution in [0.3, 0.4) is 0 Å². The molecular formula is C20H22N2O5. The SMILES string of the molecule is CCOc1ccc(NC(=O)[C@H](C)OC(=O)CNC(=O)c2ccccc2)cc1. The first-order valence-corrected chi connectivity index (χ1v) is 8.56. The van der Waals surface area contributed by atoms with Gasteiger partial charge in [-0.2, -0.15) is 0 Å². The lowest BCUT2D eigenvalue weighted by molar-refractivity contribution is -0.152. The Balaban J connectivity index is 1.77. The van der Waals surface area contributed by atoms with E-state index in [9.17, 15) is 14.4 Å². The zero-order chi connectivity index (χ0) is 19.6. The highest BCUT2D eigenvalue weighted by Gasteiger charge is 2.18. The van der Waals surface area contributed by atoms with Crippen LogP contribution in [0.4, 0.5) is 5.69 Å². The molecule has 7 heteroatoms. The van der Waals surface area contributed by atoms with E-state index in [1.807, 2.05) is 6.92 Å². The van der Waals surface area contributed by atoms with Gasteiger partial charge in [0.2, 0.25) is 0 Å². The number of carbonyl (C=O) groups excluding carboxylic acids is 3. The van der Waals surface area contributed by atoms with Crippen LogP contribution in [0.15, 0.2) is 54.6 Å². The molecule has 0 unspecified atom stereocenters. The van der Waals surface area contributed by atoms with Gasteiger partial charge in [0.25, 0.3) is 11.8 Å². The lowest BCUT2D eigenvalue weighted by Crippen LogP contribution is -2.35. The van der Waals surface area contributed by atoms with Crippen molar-refractivity contribution in [2.24, 2.45) is 0 Å². The first kappa shape index (κ1) is 20.0. The van der Waals surface area contributed by atoms with E-state index in [0.29, 0.717) is 23.6 Å². The second kappa shape index (κ2) is 9.96. The van der Waals surface area contributed by atoms with E-state index in [1.165, 1.54) is 6.92 Å². The van der Waals surface area contributed by atoms with Gasteiger partial charge in [0.1, 0.15) is 12.3 Å². The van der Waals surface area contributed by atoms with Gasteiger partial charge in [-0.15, -0.1) is 0 Å². The average Bonchev–Trinajstić information content (AvgIpc) is 2.68. The zero-order valence-corrected chi connectivity index (χ0v) is 15.2. The van der Waals surface area contributed by atoms with Crippen LogP contribution in [0.25, 0.3) is 0 Å². The summed E-state index contributed by atoms with van der Waals surface area (Å²) in [6, 6.07) is 15.3. The van der Waals surface area contributed by atoms with Crippen molar-refractivity contribution in [1.82, 2.24) is 5.32 Å². The van der Waals surface area contributed by atoms with Crippen LogP contribution < -0.4 is 15.4 Å². The quantitative estimate of drug-likeness (QED) is 0.696. The number of hydrogen-bond acceptors (Lipinski definition) is 5. The van der Waals surface area contributed by atoms with Crippen molar-refractivity contribution in [3.05, 3.63) is 60.2 Å². The minimum Gasteiger partial charge on any atom is -0.494 e. The Labute approximate surface area is 157 Å². The van der Waals surface area contributed by atoms with Gasteiger partial charge in [0, 0.05) is 11.3 Å². The number of anilines is 1. The summed E-state index contributed by atoms with van der Waals surface area (Å²) in [7, 11) is 0. The topological polar surface area (TPSA) is 93.7 Å². The third kappa shape index (κ3) is 6.47. The summed E-state index contributed by atoms with van der Waals surface area (Å²) in [5, 5.41) is 5.10. The van der Waals surface area contributed by atoms with Crippen molar-refractivity contribution in [3.8, 4) is 5.75 Å². The molecule has 0 fully saturated rings. The molecule has 0 aromatic heterocycles. The van der Waals surface area contributed by atoms with E-state index in [-0.39, 0.29) is 12.5 Å². The number of ether oxygens (including phenoxy) is 2. The summed E-state index contributed by atoms with van der Waals surface area (Å²) < 4.78 is 10.4. The lowest BCUT2D eigenvalue weighted by atomic mass is 10.2. The molecule has 0 radical (unpaired) electrons. The van der Waals surface area contributed by atoms with Crippen LogP contribution in [0, 0.1) is 0 Å². The van der Waals surface area contributed by atoms with Crippen LogP contribution in [0.5, 0.6) is 5.75 Å². The van der Waals surface area contributed by atoms with Crippen molar-refractivity contribution in [2.75, 3.05) is 18.5 Å². The molecule has 0 saturated heterocycles. The second-order valence-corrected chi connectivity index (χ2v) is 5.63. The largest absolute Gasteiger partial charge is 0.494 e. The van der Waals surface area contributed by atoms with Gasteiger partial charge in [-0.1, -0.05) is 18.2 Å². The van der Waals surface area contributed by atoms with Crippen LogP contribution in [0.2, 0.25) is 0 Å². The Morgan fingerprint density at radius 1 is 1.00 bits per heavy atom. The summed E-state index contributed by atoms with van der Waals surface area (Å²) in [6.45, 7) is 3.57. The van der Waals surface area contributed by atoms with E-state index >= 15 is 0 Å². The molecule has 2 aromatic rings. The van der Waals surface area contributed by atoms with Gasteiger partial charge in [-0.3, -0.25) is 14.4 Å². The molecule has 0 spiro atoms. The Morgan fingerprint density at radius 3 is 2.30 bits per heavy atom. The average molecular weight is 370 g/mol. The molecule has 2 N–H and O–H groups in total. The molecule has 0 aliphatic heterocycles. The normalized spacial score (nSPS) is 11.2. The van der Waals surface area contributed by atoms with E-state index in [1.54, 1.807) is 54.6 Å². The number of amides is 2.